The van der Waals surface area contributed by atoms with Crippen LogP contribution in [0.2, 0.25) is 8.67 Å². The Bertz CT molecular complexity index is 724. The molecule has 3 nitrogen and oxygen atoms in total. The smallest absolute Gasteiger partial charge is 0.202 e. The minimum Gasteiger partial charge on any atom is -0.485 e. The summed E-state index contributed by atoms with van der Waals surface area (Å²) in [4.78, 5) is 12.1. The van der Waals surface area contributed by atoms with E-state index < -0.39 is 0 Å². The Labute approximate surface area is 136 Å². The van der Waals surface area contributed by atoms with Crippen LogP contribution in [0.1, 0.15) is 27.0 Å². The zero-order valence-electron chi connectivity index (χ0n) is 11.4. The number of Topliss-reactive ketones (excluding diaryl/α,β-unsaturated/α-hetero) is 1. The van der Waals surface area contributed by atoms with Crippen molar-refractivity contribution in [3.05, 3.63) is 49.1 Å². The van der Waals surface area contributed by atoms with Gasteiger partial charge < -0.3 is 4.74 Å². The molecule has 0 radical (unpaired) electrons. The molecule has 0 N–H and O–H groups in total. The van der Waals surface area contributed by atoms with E-state index in [1.54, 1.807) is 18.2 Å². The lowest BCUT2D eigenvalue weighted by molar-refractivity contribution is 0.0921. The number of carbonyl (C=O) groups is 1. The molecule has 0 aliphatic heterocycles. The normalized spacial score (nSPS) is 10.2. The molecule has 2 rings (SSSR count). The van der Waals surface area contributed by atoms with E-state index >= 15 is 0 Å². The van der Waals surface area contributed by atoms with E-state index in [9.17, 15) is 4.79 Å². The zero-order chi connectivity index (χ0) is 15.6. The molecule has 0 aliphatic rings. The minimum absolute atomic E-state index is 0.125. The summed E-state index contributed by atoms with van der Waals surface area (Å²) in [6.45, 7) is 3.55. The molecule has 0 amide bonds. The van der Waals surface area contributed by atoms with Crippen LogP contribution in [0.15, 0.2) is 18.2 Å². The van der Waals surface area contributed by atoms with E-state index in [1.165, 1.54) is 0 Å². The van der Waals surface area contributed by atoms with Crippen LogP contribution in [0.4, 0.5) is 0 Å². The highest BCUT2D eigenvalue weighted by Crippen LogP contribution is 2.32. The van der Waals surface area contributed by atoms with Crippen molar-refractivity contribution in [2.75, 3.05) is 6.61 Å². The average Bonchev–Trinajstić information content (AvgIpc) is 2.76. The summed E-state index contributed by atoms with van der Waals surface area (Å²) in [5.41, 5.74) is 2.56. The van der Waals surface area contributed by atoms with Crippen molar-refractivity contribution >= 4 is 40.3 Å². The number of hydrogen-bond donors (Lipinski definition) is 0. The molecule has 2 aromatic rings. The number of aryl methyl sites for hydroxylation is 2. The first-order valence-corrected chi connectivity index (χ1v) is 7.61. The molecule has 108 valence electrons. The molecular formula is C15H11Cl2NO2S. The Kier molecular flexibility index (Phi) is 4.89. The van der Waals surface area contributed by atoms with Gasteiger partial charge in [-0.3, -0.25) is 4.79 Å². The van der Waals surface area contributed by atoms with Gasteiger partial charge in [0.25, 0.3) is 0 Å². The SMILES string of the molecule is Cc1cc(C#N)cc(C)c1OCC(=O)c1cc(Cl)sc1Cl. The second-order valence-electron chi connectivity index (χ2n) is 4.50. The molecule has 1 heterocycles. The molecule has 0 spiro atoms. The summed E-state index contributed by atoms with van der Waals surface area (Å²) in [6, 6.07) is 7.07. The minimum atomic E-state index is -0.230. The van der Waals surface area contributed by atoms with Crippen LogP contribution < -0.4 is 4.74 Å². The third kappa shape index (κ3) is 3.56. The molecular weight excluding hydrogens is 329 g/mol. The lowest BCUT2D eigenvalue weighted by Crippen LogP contribution is -2.12. The largest absolute Gasteiger partial charge is 0.485 e. The molecule has 0 atom stereocenters. The van der Waals surface area contributed by atoms with E-state index in [2.05, 4.69) is 6.07 Å². The highest BCUT2D eigenvalue weighted by molar-refractivity contribution is 7.20. The molecule has 0 fully saturated rings. The first kappa shape index (κ1) is 15.8. The molecule has 6 heteroatoms. The molecule has 0 bridgehead atoms. The van der Waals surface area contributed by atoms with Gasteiger partial charge in [-0.25, -0.2) is 0 Å². The van der Waals surface area contributed by atoms with Crippen molar-refractivity contribution in [1.82, 2.24) is 0 Å². The van der Waals surface area contributed by atoms with Gasteiger partial charge in [0.05, 0.1) is 21.5 Å². The van der Waals surface area contributed by atoms with Crippen LogP contribution in [-0.2, 0) is 0 Å². The predicted octanol–water partition coefficient (Wildman–Crippen LogP) is 4.81. The standard InChI is InChI=1S/C15H11Cl2NO2S/c1-8-3-10(6-18)4-9(2)14(8)20-7-12(19)11-5-13(16)21-15(11)17/h3-5H,7H2,1-2H3. The summed E-state index contributed by atoms with van der Waals surface area (Å²) < 4.78 is 6.42. The number of nitriles is 1. The van der Waals surface area contributed by atoms with Crippen LogP contribution in [-0.4, -0.2) is 12.4 Å². The van der Waals surface area contributed by atoms with E-state index in [-0.39, 0.29) is 12.4 Å². The second-order valence-corrected chi connectivity index (χ2v) is 6.79. The van der Waals surface area contributed by atoms with E-state index in [0.717, 1.165) is 22.5 Å². The van der Waals surface area contributed by atoms with Gasteiger partial charge >= 0.3 is 0 Å². The maximum absolute atomic E-state index is 12.1. The van der Waals surface area contributed by atoms with E-state index in [4.69, 9.17) is 33.2 Å². The Morgan fingerprint density at radius 3 is 2.38 bits per heavy atom. The van der Waals surface area contributed by atoms with Gasteiger partial charge in [0, 0.05) is 0 Å². The number of nitrogens with zero attached hydrogens (tertiary/aromatic N) is 1. The fourth-order valence-corrected chi connectivity index (χ4v) is 3.49. The number of carbonyl (C=O) groups excluding carboxylic acids is 1. The summed E-state index contributed by atoms with van der Waals surface area (Å²) in [5, 5.41) is 8.91. The average molecular weight is 340 g/mol. The topological polar surface area (TPSA) is 50.1 Å². The quantitative estimate of drug-likeness (QED) is 0.751. The Hall–Kier alpha value is -1.54. The first-order chi connectivity index (χ1) is 9.92. The summed E-state index contributed by atoms with van der Waals surface area (Å²) in [6.07, 6.45) is 0. The van der Waals surface area contributed by atoms with Gasteiger partial charge in [-0.15, -0.1) is 11.3 Å². The van der Waals surface area contributed by atoms with E-state index in [1.807, 2.05) is 13.8 Å². The Morgan fingerprint density at radius 1 is 1.29 bits per heavy atom. The summed E-state index contributed by atoms with van der Waals surface area (Å²) >= 11 is 12.9. The molecule has 0 aliphatic carbocycles. The monoisotopic (exact) mass is 339 g/mol. The van der Waals surface area contributed by atoms with Crippen molar-refractivity contribution in [3.8, 4) is 11.8 Å². The van der Waals surface area contributed by atoms with Crippen LogP contribution in [0.5, 0.6) is 5.75 Å². The third-order valence-corrected chi connectivity index (χ3v) is 4.38. The highest BCUT2D eigenvalue weighted by Gasteiger charge is 2.16. The maximum Gasteiger partial charge on any atom is 0.202 e. The number of halogens is 2. The maximum atomic E-state index is 12.1. The Morgan fingerprint density at radius 2 is 1.90 bits per heavy atom. The van der Waals surface area contributed by atoms with Crippen molar-refractivity contribution in [2.24, 2.45) is 0 Å². The molecule has 0 saturated carbocycles. The number of ketones is 1. The molecule has 21 heavy (non-hydrogen) atoms. The number of benzene rings is 1. The lowest BCUT2D eigenvalue weighted by Gasteiger charge is -2.11. The van der Waals surface area contributed by atoms with Crippen molar-refractivity contribution in [1.29, 1.82) is 5.26 Å². The van der Waals surface area contributed by atoms with Gasteiger partial charge in [0.2, 0.25) is 5.78 Å². The highest BCUT2D eigenvalue weighted by atomic mass is 35.5. The van der Waals surface area contributed by atoms with Gasteiger partial charge in [-0.2, -0.15) is 5.26 Å². The van der Waals surface area contributed by atoms with Gasteiger partial charge in [-0.1, -0.05) is 23.2 Å². The first-order valence-electron chi connectivity index (χ1n) is 6.04. The molecule has 1 aromatic heterocycles. The predicted molar refractivity (Wildman–Crippen MR) is 84.8 cm³/mol. The summed E-state index contributed by atoms with van der Waals surface area (Å²) in [5.74, 6) is 0.381. The number of thiophene rings is 1. The second kappa shape index (κ2) is 6.48. The van der Waals surface area contributed by atoms with Crippen molar-refractivity contribution in [3.63, 3.8) is 0 Å². The van der Waals surface area contributed by atoms with Gasteiger partial charge in [-0.05, 0) is 43.2 Å². The lowest BCUT2D eigenvalue weighted by atomic mass is 10.1. The zero-order valence-corrected chi connectivity index (χ0v) is 13.7. The van der Waals surface area contributed by atoms with Crippen LogP contribution in [0.3, 0.4) is 0 Å². The van der Waals surface area contributed by atoms with Gasteiger partial charge in [0.15, 0.2) is 6.61 Å². The molecule has 1 aromatic carbocycles. The van der Waals surface area contributed by atoms with Crippen LogP contribution in [0, 0.1) is 25.2 Å². The van der Waals surface area contributed by atoms with Gasteiger partial charge in [0.1, 0.15) is 10.1 Å². The molecule has 0 unspecified atom stereocenters. The van der Waals surface area contributed by atoms with E-state index in [0.29, 0.717) is 25.5 Å². The van der Waals surface area contributed by atoms with Crippen molar-refractivity contribution in [2.45, 2.75) is 13.8 Å². The summed E-state index contributed by atoms with van der Waals surface area (Å²) in [7, 11) is 0. The number of hydrogen-bond acceptors (Lipinski definition) is 4. The fourth-order valence-electron chi connectivity index (χ4n) is 1.99. The Balaban J connectivity index is 2.16. The van der Waals surface area contributed by atoms with Crippen LogP contribution in [0.25, 0.3) is 0 Å². The number of ether oxygens (including phenoxy) is 1. The fraction of sp³-hybridized carbons (Fsp3) is 0.200. The van der Waals surface area contributed by atoms with Crippen molar-refractivity contribution < 1.29 is 9.53 Å². The molecule has 0 saturated heterocycles. The number of rotatable bonds is 4. The van der Waals surface area contributed by atoms with Crippen LogP contribution >= 0.6 is 34.5 Å². The third-order valence-electron chi connectivity index (χ3n) is 2.89.